The Hall–Kier alpha value is -2.45. The number of piperidine rings is 1. The van der Waals surface area contributed by atoms with Gasteiger partial charge in [0.05, 0.1) is 0 Å². The lowest BCUT2D eigenvalue weighted by molar-refractivity contribution is -0.139. The molecule has 4 amide bonds. The lowest BCUT2D eigenvalue weighted by atomic mass is 10.0. The third-order valence-electron chi connectivity index (χ3n) is 4.61. The van der Waals surface area contributed by atoms with Crippen molar-refractivity contribution in [3.8, 4) is 0 Å². The van der Waals surface area contributed by atoms with E-state index in [1.165, 1.54) is 4.90 Å². The molecule has 25 heavy (non-hydrogen) atoms. The molecule has 136 valence electrons. The standard InChI is InChI=1S/C16H23N5O4/c1-10(2)14-17-15(25-18-14)11-6-4-5-7-20(11)13(23)9-21-12(22)8-19(3)16(21)24/h10-11H,4-9H2,1-3H3/t11-/m0/s1. The SMILES string of the molecule is CC(C)c1noc([C@@H]2CCCCN2C(=O)CN2C(=O)CN(C)C2=O)n1. The van der Waals surface area contributed by atoms with Gasteiger partial charge in [0.15, 0.2) is 5.82 Å². The number of carbonyl (C=O) groups excluding carboxylic acids is 3. The molecule has 0 aromatic carbocycles. The molecule has 9 nitrogen and oxygen atoms in total. The Kier molecular flexibility index (Phi) is 4.73. The van der Waals surface area contributed by atoms with E-state index in [1.54, 1.807) is 11.9 Å². The number of aromatic nitrogens is 2. The molecular weight excluding hydrogens is 326 g/mol. The van der Waals surface area contributed by atoms with E-state index in [9.17, 15) is 14.4 Å². The minimum atomic E-state index is -0.438. The van der Waals surface area contributed by atoms with Crippen LogP contribution in [0.3, 0.4) is 0 Å². The fourth-order valence-electron chi connectivity index (χ4n) is 3.15. The van der Waals surface area contributed by atoms with Crippen LogP contribution in [0.1, 0.15) is 56.8 Å². The summed E-state index contributed by atoms with van der Waals surface area (Å²) in [6, 6.07) is -0.737. The van der Waals surface area contributed by atoms with E-state index in [4.69, 9.17) is 4.52 Å². The summed E-state index contributed by atoms with van der Waals surface area (Å²) in [6.45, 7) is 4.26. The molecule has 2 fully saturated rings. The maximum atomic E-state index is 12.7. The number of nitrogens with zero attached hydrogens (tertiary/aromatic N) is 5. The molecule has 2 saturated heterocycles. The van der Waals surface area contributed by atoms with Gasteiger partial charge in [0.2, 0.25) is 11.8 Å². The predicted molar refractivity (Wildman–Crippen MR) is 86.4 cm³/mol. The van der Waals surface area contributed by atoms with Crippen LogP contribution in [-0.2, 0) is 9.59 Å². The predicted octanol–water partition coefficient (Wildman–Crippen LogP) is 1.14. The number of imide groups is 1. The molecule has 1 atom stereocenters. The summed E-state index contributed by atoms with van der Waals surface area (Å²) in [7, 11) is 1.54. The highest BCUT2D eigenvalue weighted by atomic mass is 16.5. The van der Waals surface area contributed by atoms with E-state index < -0.39 is 6.03 Å². The van der Waals surface area contributed by atoms with Gasteiger partial charge in [0, 0.05) is 19.5 Å². The van der Waals surface area contributed by atoms with Gasteiger partial charge in [-0.05, 0) is 19.3 Å². The number of hydrogen-bond donors (Lipinski definition) is 0. The molecule has 9 heteroatoms. The van der Waals surface area contributed by atoms with Gasteiger partial charge in [-0.15, -0.1) is 0 Å². The maximum Gasteiger partial charge on any atom is 0.327 e. The van der Waals surface area contributed by atoms with Crippen LogP contribution in [0.15, 0.2) is 4.52 Å². The van der Waals surface area contributed by atoms with Crippen LogP contribution in [0, 0.1) is 0 Å². The fraction of sp³-hybridized carbons (Fsp3) is 0.688. The van der Waals surface area contributed by atoms with Gasteiger partial charge in [-0.2, -0.15) is 4.98 Å². The average Bonchev–Trinajstić information content (AvgIpc) is 3.16. The molecular formula is C16H23N5O4. The minimum Gasteiger partial charge on any atom is -0.337 e. The van der Waals surface area contributed by atoms with Gasteiger partial charge in [0.1, 0.15) is 19.1 Å². The van der Waals surface area contributed by atoms with E-state index in [1.807, 2.05) is 13.8 Å². The minimum absolute atomic E-state index is 0.0109. The van der Waals surface area contributed by atoms with E-state index in [2.05, 4.69) is 10.1 Å². The van der Waals surface area contributed by atoms with Crippen LogP contribution in [0.5, 0.6) is 0 Å². The number of carbonyl (C=O) groups is 3. The Morgan fingerprint density at radius 1 is 1.32 bits per heavy atom. The third kappa shape index (κ3) is 3.35. The van der Waals surface area contributed by atoms with Crippen molar-refractivity contribution in [1.82, 2.24) is 24.8 Å². The van der Waals surface area contributed by atoms with Gasteiger partial charge >= 0.3 is 6.03 Å². The van der Waals surface area contributed by atoms with E-state index in [-0.39, 0.29) is 36.9 Å². The molecule has 3 rings (SSSR count). The Bertz CT molecular complexity index is 686. The molecule has 0 saturated carbocycles. The summed E-state index contributed by atoms with van der Waals surface area (Å²) in [5.41, 5.74) is 0. The lowest BCUT2D eigenvalue weighted by Crippen LogP contribution is -2.46. The second-order valence-electron chi connectivity index (χ2n) is 6.86. The monoisotopic (exact) mass is 349 g/mol. The number of likely N-dealkylation sites (N-methyl/N-ethyl adjacent to an activating group) is 1. The molecule has 0 N–H and O–H groups in total. The third-order valence-corrected chi connectivity index (χ3v) is 4.61. The Labute approximate surface area is 145 Å². The van der Waals surface area contributed by atoms with Crippen molar-refractivity contribution in [2.45, 2.75) is 45.1 Å². The van der Waals surface area contributed by atoms with E-state index >= 15 is 0 Å². The largest absolute Gasteiger partial charge is 0.337 e. The Balaban J connectivity index is 1.75. The van der Waals surface area contributed by atoms with Crippen molar-refractivity contribution >= 4 is 17.8 Å². The number of rotatable bonds is 4. The van der Waals surface area contributed by atoms with Crippen molar-refractivity contribution < 1.29 is 18.9 Å². The van der Waals surface area contributed by atoms with Crippen molar-refractivity contribution in [1.29, 1.82) is 0 Å². The first kappa shape index (κ1) is 17.4. The van der Waals surface area contributed by atoms with Crippen LogP contribution < -0.4 is 0 Å². The molecule has 3 heterocycles. The first-order valence-electron chi connectivity index (χ1n) is 8.57. The zero-order valence-corrected chi connectivity index (χ0v) is 14.8. The van der Waals surface area contributed by atoms with Gasteiger partial charge in [-0.25, -0.2) is 4.79 Å². The molecule has 0 radical (unpaired) electrons. The Morgan fingerprint density at radius 2 is 2.08 bits per heavy atom. The molecule has 0 aliphatic carbocycles. The molecule has 1 aromatic heterocycles. The molecule has 0 bridgehead atoms. The summed E-state index contributed by atoms with van der Waals surface area (Å²) >= 11 is 0. The molecule has 0 unspecified atom stereocenters. The van der Waals surface area contributed by atoms with Gasteiger partial charge < -0.3 is 14.3 Å². The summed E-state index contributed by atoms with van der Waals surface area (Å²) in [5, 5.41) is 3.97. The first-order valence-corrected chi connectivity index (χ1v) is 8.57. The van der Waals surface area contributed by atoms with Gasteiger partial charge in [-0.1, -0.05) is 19.0 Å². The van der Waals surface area contributed by atoms with Crippen LogP contribution in [0.2, 0.25) is 0 Å². The topological polar surface area (TPSA) is 99.9 Å². The van der Waals surface area contributed by atoms with Crippen LogP contribution >= 0.6 is 0 Å². The zero-order valence-electron chi connectivity index (χ0n) is 14.8. The van der Waals surface area contributed by atoms with Crippen molar-refractivity contribution in [3.05, 3.63) is 11.7 Å². The highest BCUT2D eigenvalue weighted by Gasteiger charge is 2.38. The van der Waals surface area contributed by atoms with Crippen molar-refractivity contribution in [2.24, 2.45) is 0 Å². The quantitative estimate of drug-likeness (QED) is 0.756. The molecule has 2 aliphatic rings. The summed E-state index contributed by atoms with van der Waals surface area (Å²) in [4.78, 5) is 45.0. The van der Waals surface area contributed by atoms with Gasteiger partial charge in [-0.3, -0.25) is 14.5 Å². The van der Waals surface area contributed by atoms with E-state index in [0.29, 0.717) is 18.3 Å². The van der Waals surface area contributed by atoms with Crippen LogP contribution in [0.25, 0.3) is 0 Å². The van der Waals surface area contributed by atoms with E-state index in [0.717, 1.165) is 24.2 Å². The second kappa shape index (κ2) is 6.81. The van der Waals surface area contributed by atoms with Crippen LogP contribution in [-0.4, -0.2) is 69.4 Å². The smallest absolute Gasteiger partial charge is 0.327 e. The molecule has 0 spiro atoms. The average molecular weight is 349 g/mol. The van der Waals surface area contributed by atoms with Crippen LogP contribution in [0.4, 0.5) is 4.79 Å². The zero-order chi connectivity index (χ0) is 18.1. The lowest BCUT2D eigenvalue weighted by Gasteiger charge is -2.34. The van der Waals surface area contributed by atoms with Crippen molar-refractivity contribution in [2.75, 3.05) is 26.7 Å². The second-order valence-corrected chi connectivity index (χ2v) is 6.86. The fourth-order valence-corrected chi connectivity index (χ4v) is 3.15. The molecule has 2 aliphatic heterocycles. The Morgan fingerprint density at radius 3 is 2.68 bits per heavy atom. The number of amides is 4. The maximum absolute atomic E-state index is 12.7. The highest BCUT2D eigenvalue weighted by molar-refractivity contribution is 6.04. The number of likely N-dealkylation sites (tertiary alicyclic amines) is 1. The number of hydrogen-bond acceptors (Lipinski definition) is 6. The summed E-state index contributed by atoms with van der Waals surface area (Å²) < 4.78 is 5.36. The van der Waals surface area contributed by atoms with Gasteiger partial charge in [0.25, 0.3) is 5.91 Å². The first-order chi connectivity index (χ1) is 11.9. The normalized spacial score (nSPS) is 21.6. The summed E-state index contributed by atoms with van der Waals surface area (Å²) in [6.07, 6.45) is 2.56. The number of urea groups is 1. The van der Waals surface area contributed by atoms with Crippen molar-refractivity contribution in [3.63, 3.8) is 0 Å². The highest BCUT2D eigenvalue weighted by Crippen LogP contribution is 2.31. The molecule has 1 aromatic rings. The summed E-state index contributed by atoms with van der Waals surface area (Å²) in [5.74, 6) is 0.549.